The van der Waals surface area contributed by atoms with Gasteiger partial charge in [0.1, 0.15) is 11.6 Å². The van der Waals surface area contributed by atoms with E-state index in [9.17, 15) is 0 Å². The van der Waals surface area contributed by atoms with Crippen LogP contribution in [0.25, 0.3) is 22.1 Å². The summed E-state index contributed by atoms with van der Waals surface area (Å²) < 4.78 is 0. The van der Waals surface area contributed by atoms with E-state index >= 15 is 0 Å². The molecule has 1 unspecified atom stereocenters. The molecular weight excluding hydrogens is 344 g/mol. The lowest BCUT2D eigenvalue weighted by Gasteiger charge is -2.15. The molecule has 138 valence electrons. The maximum atomic E-state index is 4.89. The lowest BCUT2D eigenvalue weighted by Crippen LogP contribution is -2.10. The van der Waals surface area contributed by atoms with Gasteiger partial charge in [-0.05, 0) is 48.7 Å². The number of fused-ring (bicyclic) bond motifs is 2. The number of imidazole rings is 2. The van der Waals surface area contributed by atoms with Gasteiger partial charge >= 0.3 is 0 Å². The number of aromatic amines is 2. The van der Waals surface area contributed by atoms with Gasteiger partial charge in [-0.3, -0.25) is 0 Å². The Bertz CT molecular complexity index is 1180. The summed E-state index contributed by atoms with van der Waals surface area (Å²) in [6.45, 7) is 2.17. The zero-order valence-electron chi connectivity index (χ0n) is 15.8. The second-order valence-electron chi connectivity index (χ2n) is 7.37. The number of hydrogen-bond donors (Lipinski definition) is 2. The minimum Gasteiger partial charge on any atom is -0.342 e. The molecule has 2 N–H and O–H groups in total. The van der Waals surface area contributed by atoms with Crippen LogP contribution in [0.2, 0.25) is 0 Å². The molecule has 0 saturated carbocycles. The van der Waals surface area contributed by atoms with Crippen molar-refractivity contribution in [3.05, 3.63) is 95.6 Å². The van der Waals surface area contributed by atoms with Gasteiger partial charge in [0.25, 0.3) is 0 Å². The topological polar surface area (TPSA) is 57.4 Å². The predicted octanol–water partition coefficient (Wildman–Crippen LogP) is 5.32. The highest BCUT2D eigenvalue weighted by Crippen LogP contribution is 2.26. The molecule has 0 aliphatic carbocycles. The van der Waals surface area contributed by atoms with Gasteiger partial charge in [-0.25, -0.2) is 9.97 Å². The van der Waals surface area contributed by atoms with E-state index in [4.69, 9.17) is 9.97 Å². The summed E-state index contributed by atoms with van der Waals surface area (Å²) in [6, 6.07) is 25.0. The number of aromatic nitrogens is 4. The van der Waals surface area contributed by atoms with Crippen LogP contribution in [0.5, 0.6) is 0 Å². The van der Waals surface area contributed by atoms with Crippen molar-refractivity contribution in [3.63, 3.8) is 0 Å². The van der Waals surface area contributed by atoms with Crippen LogP contribution in [0, 0.1) is 6.92 Å². The smallest absolute Gasteiger partial charge is 0.111 e. The Morgan fingerprint density at radius 1 is 0.714 bits per heavy atom. The number of benzene rings is 3. The minimum atomic E-state index is 0.217. The summed E-state index contributed by atoms with van der Waals surface area (Å²) in [5.74, 6) is 2.24. The van der Waals surface area contributed by atoms with Crippen LogP contribution in [-0.4, -0.2) is 19.9 Å². The summed E-state index contributed by atoms with van der Waals surface area (Å²) in [4.78, 5) is 16.7. The van der Waals surface area contributed by atoms with E-state index in [1.165, 1.54) is 11.1 Å². The van der Waals surface area contributed by atoms with Gasteiger partial charge in [-0.2, -0.15) is 0 Å². The largest absolute Gasteiger partial charge is 0.342 e. The highest BCUT2D eigenvalue weighted by Gasteiger charge is 2.20. The number of para-hydroxylation sites is 4. The number of aryl methyl sites for hydroxylation is 1. The molecule has 0 radical (unpaired) electrons. The fraction of sp³-hybridized carbons (Fsp3) is 0.167. The van der Waals surface area contributed by atoms with Crippen LogP contribution in [0.4, 0.5) is 0 Å². The lowest BCUT2D eigenvalue weighted by molar-refractivity contribution is 0.626. The highest BCUT2D eigenvalue weighted by molar-refractivity contribution is 5.75. The standard InChI is InChI=1S/C24H22N4/c1-16-8-2-3-9-17(16)14-18(24-27-21-12-6-7-13-22(21)28-24)15-23-25-19-10-4-5-11-20(19)26-23/h2-13,18H,14-15H2,1H3,(H,25,26)(H,27,28). The third-order valence-corrected chi connectivity index (χ3v) is 5.40. The maximum absolute atomic E-state index is 4.89. The second kappa shape index (κ2) is 6.97. The van der Waals surface area contributed by atoms with Crippen LogP contribution in [0.3, 0.4) is 0 Å². The Morgan fingerprint density at radius 2 is 1.36 bits per heavy atom. The Hall–Kier alpha value is -3.40. The second-order valence-corrected chi connectivity index (χ2v) is 7.37. The van der Waals surface area contributed by atoms with Crippen molar-refractivity contribution in [1.82, 2.24) is 19.9 Å². The first-order valence-electron chi connectivity index (χ1n) is 9.69. The molecule has 4 heteroatoms. The zero-order chi connectivity index (χ0) is 18.9. The zero-order valence-corrected chi connectivity index (χ0v) is 15.8. The summed E-state index contributed by atoms with van der Waals surface area (Å²) in [6.07, 6.45) is 1.73. The molecule has 0 fully saturated rings. The van der Waals surface area contributed by atoms with Crippen molar-refractivity contribution in [3.8, 4) is 0 Å². The van der Waals surface area contributed by atoms with E-state index in [2.05, 4.69) is 59.4 Å². The van der Waals surface area contributed by atoms with E-state index in [0.29, 0.717) is 0 Å². The minimum absolute atomic E-state index is 0.217. The average molecular weight is 366 g/mol. The summed E-state index contributed by atoms with van der Waals surface area (Å²) >= 11 is 0. The molecule has 2 aromatic heterocycles. The average Bonchev–Trinajstić information content (AvgIpc) is 3.32. The molecule has 0 saturated heterocycles. The van der Waals surface area contributed by atoms with Crippen molar-refractivity contribution in [2.75, 3.05) is 0 Å². The van der Waals surface area contributed by atoms with Crippen molar-refractivity contribution in [1.29, 1.82) is 0 Å². The van der Waals surface area contributed by atoms with Gasteiger partial charge in [0.15, 0.2) is 0 Å². The fourth-order valence-electron chi connectivity index (χ4n) is 3.87. The van der Waals surface area contributed by atoms with Crippen molar-refractivity contribution in [2.45, 2.75) is 25.7 Å². The number of H-pyrrole nitrogens is 2. The number of nitrogens with one attached hydrogen (secondary N) is 2. The van der Waals surface area contributed by atoms with E-state index in [1.807, 2.05) is 30.3 Å². The first kappa shape index (κ1) is 16.8. The number of rotatable bonds is 5. The Balaban J connectivity index is 1.54. The highest BCUT2D eigenvalue weighted by atomic mass is 14.9. The molecule has 0 bridgehead atoms. The maximum Gasteiger partial charge on any atom is 0.111 e. The molecule has 4 nitrogen and oxygen atoms in total. The van der Waals surface area contributed by atoms with Gasteiger partial charge in [0.05, 0.1) is 22.1 Å². The molecule has 0 aliphatic heterocycles. The molecule has 5 rings (SSSR count). The lowest BCUT2D eigenvalue weighted by atomic mass is 9.93. The van der Waals surface area contributed by atoms with Crippen LogP contribution in [0.1, 0.15) is 28.7 Å². The number of hydrogen-bond acceptors (Lipinski definition) is 2. The Kier molecular flexibility index (Phi) is 4.17. The van der Waals surface area contributed by atoms with E-state index in [-0.39, 0.29) is 5.92 Å². The van der Waals surface area contributed by atoms with E-state index < -0.39 is 0 Å². The molecule has 3 aromatic carbocycles. The predicted molar refractivity (Wildman–Crippen MR) is 114 cm³/mol. The normalized spacial score (nSPS) is 12.6. The fourth-order valence-corrected chi connectivity index (χ4v) is 3.87. The van der Waals surface area contributed by atoms with Gasteiger partial charge in [-0.1, -0.05) is 48.5 Å². The molecule has 0 aliphatic rings. The molecule has 28 heavy (non-hydrogen) atoms. The number of nitrogens with zero attached hydrogens (tertiary/aromatic N) is 2. The van der Waals surface area contributed by atoms with Crippen LogP contribution in [0.15, 0.2) is 72.8 Å². The summed E-state index contributed by atoms with van der Waals surface area (Å²) in [5, 5.41) is 0. The molecule has 5 aromatic rings. The van der Waals surface area contributed by atoms with Crippen molar-refractivity contribution in [2.24, 2.45) is 0 Å². The van der Waals surface area contributed by atoms with Crippen molar-refractivity contribution < 1.29 is 0 Å². The van der Waals surface area contributed by atoms with Gasteiger partial charge in [0.2, 0.25) is 0 Å². The quantitative estimate of drug-likeness (QED) is 0.442. The Morgan fingerprint density at radius 3 is 2.07 bits per heavy atom. The van der Waals surface area contributed by atoms with E-state index in [0.717, 1.165) is 46.6 Å². The van der Waals surface area contributed by atoms with Crippen LogP contribution < -0.4 is 0 Å². The van der Waals surface area contributed by atoms with E-state index in [1.54, 1.807) is 0 Å². The molecule has 2 heterocycles. The molecule has 0 amide bonds. The SMILES string of the molecule is Cc1ccccc1CC(Cc1nc2ccccc2[nH]1)c1nc2ccccc2[nH]1. The first-order chi connectivity index (χ1) is 13.8. The van der Waals surface area contributed by atoms with Crippen LogP contribution >= 0.6 is 0 Å². The summed E-state index contributed by atoms with van der Waals surface area (Å²) in [7, 11) is 0. The third kappa shape index (κ3) is 3.18. The molecule has 1 atom stereocenters. The molecular formula is C24H22N4. The first-order valence-corrected chi connectivity index (χ1v) is 9.69. The van der Waals surface area contributed by atoms with Crippen LogP contribution in [-0.2, 0) is 12.8 Å². The van der Waals surface area contributed by atoms with Gasteiger partial charge in [-0.15, -0.1) is 0 Å². The third-order valence-electron chi connectivity index (χ3n) is 5.40. The van der Waals surface area contributed by atoms with Crippen molar-refractivity contribution >= 4 is 22.1 Å². The summed E-state index contributed by atoms with van der Waals surface area (Å²) in [5.41, 5.74) is 6.85. The molecule has 0 spiro atoms. The van der Waals surface area contributed by atoms with Gasteiger partial charge in [0, 0.05) is 12.3 Å². The monoisotopic (exact) mass is 366 g/mol. The van der Waals surface area contributed by atoms with Gasteiger partial charge < -0.3 is 9.97 Å². The Labute approximate surface area is 163 Å².